The van der Waals surface area contributed by atoms with Crippen LogP contribution in [0.3, 0.4) is 0 Å². The number of piperidine rings is 1. The van der Waals surface area contributed by atoms with Crippen LogP contribution in [0.25, 0.3) is 0 Å². The Morgan fingerprint density at radius 2 is 1.57 bits per heavy atom. The Morgan fingerprint density at radius 3 is 2.10 bits per heavy atom. The molecular weight excluding hydrogens is 270 g/mol. The van der Waals surface area contributed by atoms with Gasteiger partial charge in [-0.15, -0.1) is 0 Å². The van der Waals surface area contributed by atoms with E-state index in [1.165, 1.54) is 0 Å². The summed E-state index contributed by atoms with van der Waals surface area (Å²) in [5, 5.41) is 0. The van der Waals surface area contributed by atoms with E-state index in [1.807, 2.05) is 41.5 Å². The van der Waals surface area contributed by atoms with E-state index < -0.39 is 11.2 Å². The molecule has 0 aromatic carbocycles. The van der Waals surface area contributed by atoms with E-state index in [0.717, 1.165) is 19.3 Å². The number of nitrogens with zero attached hydrogens (tertiary/aromatic N) is 1. The Hall–Kier alpha value is -1.26. The molecule has 1 saturated heterocycles. The van der Waals surface area contributed by atoms with Crippen molar-refractivity contribution in [3.05, 3.63) is 0 Å². The smallest absolute Gasteiger partial charge is 0.410 e. The van der Waals surface area contributed by atoms with Crippen LogP contribution in [0.15, 0.2) is 0 Å². The van der Waals surface area contributed by atoms with Gasteiger partial charge < -0.3 is 14.4 Å². The van der Waals surface area contributed by atoms with Crippen LogP contribution >= 0.6 is 0 Å². The van der Waals surface area contributed by atoms with Crippen molar-refractivity contribution >= 4 is 12.1 Å². The number of esters is 1. The molecule has 0 saturated carbocycles. The molecule has 1 heterocycles. The van der Waals surface area contributed by atoms with E-state index in [0.29, 0.717) is 6.54 Å². The highest BCUT2D eigenvalue weighted by Gasteiger charge is 2.32. The first-order valence-electron chi connectivity index (χ1n) is 7.69. The Labute approximate surface area is 128 Å². The SMILES string of the molecule is CC(C)(C)OC(=O)C[C@@H]1CCCCN1C(=O)OC(C)(C)C. The third kappa shape index (κ3) is 6.82. The second-order valence-electron chi connectivity index (χ2n) is 7.61. The minimum absolute atomic E-state index is 0.122. The average molecular weight is 299 g/mol. The number of hydrogen-bond acceptors (Lipinski definition) is 4. The molecule has 1 atom stereocenters. The summed E-state index contributed by atoms with van der Waals surface area (Å²) < 4.78 is 10.8. The number of likely N-dealkylation sites (tertiary alicyclic amines) is 1. The van der Waals surface area contributed by atoms with E-state index in [2.05, 4.69) is 0 Å². The molecule has 0 unspecified atom stereocenters. The van der Waals surface area contributed by atoms with Crippen molar-refractivity contribution in [1.82, 2.24) is 4.90 Å². The van der Waals surface area contributed by atoms with Crippen LogP contribution in [0.5, 0.6) is 0 Å². The largest absolute Gasteiger partial charge is 0.460 e. The van der Waals surface area contributed by atoms with Gasteiger partial charge in [-0.3, -0.25) is 4.79 Å². The van der Waals surface area contributed by atoms with Crippen LogP contribution < -0.4 is 0 Å². The molecule has 1 amide bonds. The lowest BCUT2D eigenvalue weighted by Crippen LogP contribution is -2.47. The van der Waals surface area contributed by atoms with Gasteiger partial charge >= 0.3 is 12.1 Å². The number of ether oxygens (including phenoxy) is 2. The second kappa shape index (κ2) is 6.67. The molecule has 0 aromatic rings. The molecule has 0 aliphatic carbocycles. The molecule has 122 valence electrons. The molecule has 1 fully saturated rings. The highest BCUT2D eigenvalue weighted by Crippen LogP contribution is 2.23. The molecule has 1 aliphatic heterocycles. The van der Waals surface area contributed by atoms with Gasteiger partial charge in [-0.05, 0) is 60.8 Å². The minimum atomic E-state index is -0.523. The Morgan fingerprint density at radius 1 is 1.00 bits per heavy atom. The first kappa shape index (κ1) is 17.8. The predicted octanol–water partition coefficient (Wildman–Crippen LogP) is 3.51. The van der Waals surface area contributed by atoms with Crippen LogP contribution in [0, 0.1) is 0 Å². The third-order valence-electron chi connectivity index (χ3n) is 3.08. The summed E-state index contributed by atoms with van der Waals surface area (Å²) in [5.41, 5.74) is -1.02. The molecule has 0 aromatic heterocycles. The van der Waals surface area contributed by atoms with Gasteiger partial charge in [0.25, 0.3) is 0 Å². The first-order valence-corrected chi connectivity index (χ1v) is 7.69. The summed E-state index contributed by atoms with van der Waals surface area (Å²) in [5.74, 6) is -0.261. The van der Waals surface area contributed by atoms with Gasteiger partial charge in [0.1, 0.15) is 11.2 Å². The summed E-state index contributed by atoms with van der Waals surface area (Å²) in [4.78, 5) is 25.9. The zero-order valence-electron chi connectivity index (χ0n) is 14.2. The van der Waals surface area contributed by atoms with E-state index >= 15 is 0 Å². The van der Waals surface area contributed by atoms with Crippen LogP contribution in [0.2, 0.25) is 0 Å². The topological polar surface area (TPSA) is 55.8 Å². The second-order valence-corrected chi connectivity index (χ2v) is 7.61. The lowest BCUT2D eigenvalue weighted by atomic mass is 10.00. The Bertz CT molecular complexity index is 379. The van der Waals surface area contributed by atoms with Gasteiger partial charge in [-0.2, -0.15) is 0 Å². The summed E-state index contributed by atoms with van der Waals surface area (Å²) in [6.07, 6.45) is 2.68. The molecule has 0 radical (unpaired) electrons. The fourth-order valence-corrected chi connectivity index (χ4v) is 2.35. The zero-order chi connectivity index (χ0) is 16.3. The van der Waals surface area contributed by atoms with Crippen LogP contribution in [-0.4, -0.2) is 40.8 Å². The summed E-state index contributed by atoms with van der Waals surface area (Å²) in [7, 11) is 0. The quantitative estimate of drug-likeness (QED) is 0.732. The molecule has 1 aliphatic rings. The maximum Gasteiger partial charge on any atom is 0.410 e. The van der Waals surface area contributed by atoms with Crippen LogP contribution in [0.1, 0.15) is 67.2 Å². The van der Waals surface area contributed by atoms with Gasteiger partial charge in [-0.1, -0.05) is 0 Å². The third-order valence-corrected chi connectivity index (χ3v) is 3.08. The van der Waals surface area contributed by atoms with Crippen molar-refractivity contribution < 1.29 is 19.1 Å². The molecule has 21 heavy (non-hydrogen) atoms. The van der Waals surface area contributed by atoms with Gasteiger partial charge in [0, 0.05) is 12.6 Å². The average Bonchev–Trinajstić information content (AvgIpc) is 2.24. The number of rotatable bonds is 2. The van der Waals surface area contributed by atoms with Crippen molar-refractivity contribution in [2.24, 2.45) is 0 Å². The standard InChI is InChI=1S/C16H29NO4/c1-15(2,3)20-13(18)11-12-9-7-8-10-17(12)14(19)21-16(4,5)6/h12H,7-11H2,1-6H3/t12-/m0/s1. The van der Waals surface area contributed by atoms with Crippen molar-refractivity contribution in [2.75, 3.05) is 6.54 Å². The molecule has 1 rings (SSSR count). The molecule has 5 heteroatoms. The van der Waals surface area contributed by atoms with Crippen molar-refractivity contribution in [3.8, 4) is 0 Å². The van der Waals surface area contributed by atoms with Gasteiger partial charge in [0.2, 0.25) is 0 Å². The number of carbonyl (C=O) groups is 2. The molecule has 5 nitrogen and oxygen atoms in total. The maximum absolute atomic E-state index is 12.2. The molecule has 0 N–H and O–H groups in total. The van der Waals surface area contributed by atoms with Crippen LogP contribution in [0.4, 0.5) is 4.79 Å². The van der Waals surface area contributed by atoms with E-state index in [4.69, 9.17) is 9.47 Å². The summed E-state index contributed by atoms with van der Waals surface area (Å²) in [6, 6.07) is -0.122. The zero-order valence-corrected chi connectivity index (χ0v) is 14.2. The summed E-state index contributed by atoms with van der Waals surface area (Å²) >= 11 is 0. The number of carbonyl (C=O) groups excluding carboxylic acids is 2. The highest BCUT2D eigenvalue weighted by atomic mass is 16.6. The molecule has 0 bridgehead atoms. The normalized spacial score (nSPS) is 20.1. The van der Waals surface area contributed by atoms with Crippen molar-refractivity contribution in [1.29, 1.82) is 0 Å². The lowest BCUT2D eigenvalue weighted by Gasteiger charge is -2.36. The Kier molecular flexibility index (Phi) is 5.65. The van der Waals surface area contributed by atoms with Crippen molar-refractivity contribution in [3.63, 3.8) is 0 Å². The minimum Gasteiger partial charge on any atom is -0.460 e. The van der Waals surface area contributed by atoms with Crippen LogP contribution in [-0.2, 0) is 14.3 Å². The van der Waals surface area contributed by atoms with E-state index in [1.54, 1.807) is 4.90 Å². The van der Waals surface area contributed by atoms with E-state index in [-0.39, 0.29) is 24.5 Å². The lowest BCUT2D eigenvalue weighted by molar-refractivity contribution is -0.156. The van der Waals surface area contributed by atoms with Gasteiger partial charge in [0.05, 0.1) is 6.42 Å². The predicted molar refractivity (Wildman–Crippen MR) is 81.0 cm³/mol. The summed E-state index contributed by atoms with van der Waals surface area (Å²) in [6.45, 7) is 11.7. The Balaban J connectivity index is 2.65. The van der Waals surface area contributed by atoms with Gasteiger partial charge in [-0.25, -0.2) is 4.79 Å². The number of hydrogen-bond donors (Lipinski definition) is 0. The molecule has 0 spiro atoms. The monoisotopic (exact) mass is 299 g/mol. The fraction of sp³-hybridized carbons (Fsp3) is 0.875. The van der Waals surface area contributed by atoms with E-state index in [9.17, 15) is 9.59 Å². The fourth-order valence-electron chi connectivity index (χ4n) is 2.35. The number of amides is 1. The van der Waals surface area contributed by atoms with Crippen molar-refractivity contribution in [2.45, 2.75) is 84.5 Å². The maximum atomic E-state index is 12.2. The first-order chi connectivity index (χ1) is 9.48. The molecular formula is C16H29NO4. The van der Waals surface area contributed by atoms with Gasteiger partial charge in [0.15, 0.2) is 0 Å². The highest BCUT2D eigenvalue weighted by molar-refractivity contribution is 5.73.